The highest BCUT2D eigenvalue weighted by atomic mass is 35.5. The Labute approximate surface area is 138 Å². The van der Waals surface area contributed by atoms with Crippen molar-refractivity contribution in [1.82, 2.24) is 20.8 Å². The van der Waals surface area contributed by atoms with Gasteiger partial charge in [0.15, 0.2) is 5.69 Å². The maximum Gasteiger partial charge on any atom is 0.272 e. The zero-order chi connectivity index (χ0) is 15.7. The van der Waals surface area contributed by atoms with E-state index in [1.54, 1.807) is 6.07 Å². The standard InChI is InChI=1S/C14H17N5O3.ClH/c1-8-6-9(4-5-15-8)16-14(20)13-11-7-10(19(21)22)2-3-12(11)17-18-13;/h2-3,7-9,15H,4-6H2,1H3,(H,16,20)(H,17,18);1H. The Morgan fingerprint density at radius 2 is 2.26 bits per heavy atom. The predicted octanol–water partition coefficient (Wildman–Crippen LogP) is 1.76. The molecule has 1 aliphatic heterocycles. The van der Waals surface area contributed by atoms with E-state index in [-0.39, 0.29) is 35.7 Å². The summed E-state index contributed by atoms with van der Waals surface area (Å²) in [4.78, 5) is 22.8. The molecule has 0 bridgehead atoms. The minimum atomic E-state index is -0.484. The molecule has 0 radical (unpaired) electrons. The molecule has 3 N–H and O–H groups in total. The Morgan fingerprint density at radius 1 is 1.48 bits per heavy atom. The molecule has 9 heteroatoms. The third-order valence-electron chi connectivity index (χ3n) is 3.93. The molecule has 0 saturated carbocycles. The highest BCUT2D eigenvalue weighted by Gasteiger charge is 2.23. The summed E-state index contributed by atoms with van der Waals surface area (Å²) in [5.41, 5.74) is 0.748. The number of amides is 1. The monoisotopic (exact) mass is 339 g/mol. The topological polar surface area (TPSA) is 113 Å². The van der Waals surface area contributed by atoms with Crippen LogP contribution >= 0.6 is 12.4 Å². The van der Waals surface area contributed by atoms with Crippen LogP contribution in [-0.2, 0) is 0 Å². The molecule has 2 unspecified atom stereocenters. The molecule has 23 heavy (non-hydrogen) atoms. The smallest absolute Gasteiger partial charge is 0.272 e. The van der Waals surface area contributed by atoms with Gasteiger partial charge in [0.25, 0.3) is 11.6 Å². The molecule has 2 heterocycles. The normalized spacial score (nSPS) is 20.7. The van der Waals surface area contributed by atoms with E-state index in [2.05, 4.69) is 27.8 Å². The Hall–Kier alpha value is -2.19. The molecule has 0 spiro atoms. The van der Waals surface area contributed by atoms with Crippen molar-refractivity contribution in [2.45, 2.75) is 31.8 Å². The van der Waals surface area contributed by atoms with Crippen molar-refractivity contribution in [1.29, 1.82) is 0 Å². The Kier molecular flexibility index (Phi) is 5.17. The van der Waals surface area contributed by atoms with Crippen LogP contribution in [0.15, 0.2) is 18.2 Å². The fourth-order valence-corrected chi connectivity index (χ4v) is 2.81. The van der Waals surface area contributed by atoms with Gasteiger partial charge in [-0.3, -0.25) is 20.0 Å². The van der Waals surface area contributed by atoms with Gasteiger partial charge in [-0.2, -0.15) is 5.10 Å². The molecule has 1 aliphatic rings. The van der Waals surface area contributed by atoms with Gasteiger partial charge in [0.2, 0.25) is 0 Å². The fourth-order valence-electron chi connectivity index (χ4n) is 2.81. The van der Waals surface area contributed by atoms with Gasteiger partial charge in [-0.25, -0.2) is 0 Å². The number of nitro benzene ring substituents is 1. The van der Waals surface area contributed by atoms with Gasteiger partial charge in [-0.1, -0.05) is 0 Å². The number of nitro groups is 1. The van der Waals surface area contributed by atoms with Gasteiger partial charge >= 0.3 is 0 Å². The number of rotatable bonds is 3. The van der Waals surface area contributed by atoms with Crippen molar-refractivity contribution in [2.75, 3.05) is 6.54 Å². The second-order valence-electron chi connectivity index (χ2n) is 5.61. The largest absolute Gasteiger partial charge is 0.348 e. The molecular weight excluding hydrogens is 322 g/mol. The van der Waals surface area contributed by atoms with Crippen LogP contribution in [-0.4, -0.2) is 39.7 Å². The van der Waals surface area contributed by atoms with Crippen LogP contribution in [0, 0.1) is 10.1 Å². The van der Waals surface area contributed by atoms with E-state index in [1.807, 2.05) is 0 Å². The zero-order valence-corrected chi connectivity index (χ0v) is 13.4. The van der Waals surface area contributed by atoms with Gasteiger partial charge in [-0.05, 0) is 32.4 Å². The van der Waals surface area contributed by atoms with E-state index in [0.29, 0.717) is 16.9 Å². The van der Waals surface area contributed by atoms with Crippen molar-refractivity contribution in [3.05, 3.63) is 34.0 Å². The lowest BCUT2D eigenvalue weighted by molar-refractivity contribution is -0.384. The van der Waals surface area contributed by atoms with Crippen molar-refractivity contribution in [2.24, 2.45) is 0 Å². The van der Waals surface area contributed by atoms with Gasteiger partial charge in [0.05, 0.1) is 10.4 Å². The molecule has 0 aliphatic carbocycles. The van der Waals surface area contributed by atoms with Gasteiger partial charge in [0.1, 0.15) is 0 Å². The summed E-state index contributed by atoms with van der Waals surface area (Å²) in [6, 6.07) is 4.77. The lowest BCUT2D eigenvalue weighted by atomic mass is 10.0. The fraction of sp³-hybridized carbons (Fsp3) is 0.429. The second-order valence-corrected chi connectivity index (χ2v) is 5.61. The summed E-state index contributed by atoms with van der Waals surface area (Å²) in [5.74, 6) is -0.300. The minimum absolute atomic E-state index is 0. The van der Waals surface area contributed by atoms with E-state index >= 15 is 0 Å². The highest BCUT2D eigenvalue weighted by Crippen LogP contribution is 2.22. The number of H-pyrrole nitrogens is 1. The Morgan fingerprint density at radius 3 is 2.96 bits per heavy atom. The lowest BCUT2D eigenvalue weighted by Crippen LogP contribution is -2.46. The second kappa shape index (κ2) is 6.93. The maximum atomic E-state index is 12.4. The first-order chi connectivity index (χ1) is 10.5. The number of nitrogens with zero attached hydrogens (tertiary/aromatic N) is 2. The van der Waals surface area contributed by atoms with Crippen LogP contribution in [0.2, 0.25) is 0 Å². The van der Waals surface area contributed by atoms with Gasteiger partial charge in [-0.15, -0.1) is 12.4 Å². The van der Waals surface area contributed by atoms with Crippen LogP contribution in [0.3, 0.4) is 0 Å². The number of non-ortho nitro benzene ring substituents is 1. The molecule has 1 aromatic heterocycles. The number of nitrogens with one attached hydrogen (secondary N) is 3. The number of hydrogen-bond acceptors (Lipinski definition) is 5. The van der Waals surface area contributed by atoms with E-state index < -0.39 is 4.92 Å². The molecule has 124 valence electrons. The zero-order valence-electron chi connectivity index (χ0n) is 12.5. The summed E-state index contributed by atoms with van der Waals surface area (Å²) in [6.45, 7) is 2.94. The molecule has 2 aromatic rings. The third kappa shape index (κ3) is 3.59. The maximum absolute atomic E-state index is 12.4. The van der Waals surface area contributed by atoms with Crippen molar-refractivity contribution in [3.63, 3.8) is 0 Å². The lowest BCUT2D eigenvalue weighted by Gasteiger charge is -2.28. The van der Waals surface area contributed by atoms with Crippen molar-refractivity contribution < 1.29 is 9.72 Å². The van der Waals surface area contributed by atoms with Crippen molar-refractivity contribution in [3.8, 4) is 0 Å². The SMILES string of the molecule is CC1CC(NC(=O)c2n[nH]c3ccc([N+](=O)[O-])cc23)CCN1.Cl. The molecule has 1 aromatic carbocycles. The van der Waals surface area contributed by atoms with Crippen molar-refractivity contribution >= 4 is 34.9 Å². The van der Waals surface area contributed by atoms with Crippen LogP contribution in [0.5, 0.6) is 0 Å². The molecule has 3 rings (SSSR count). The number of benzene rings is 1. The number of halogens is 1. The summed E-state index contributed by atoms with van der Waals surface area (Å²) >= 11 is 0. The van der Waals surface area contributed by atoms with E-state index in [0.717, 1.165) is 19.4 Å². The van der Waals surface area contributed by atoms with E-state index in [4.69, 9.17) is 0 Å². The Bertz CT molecular complexity index is 732. The molecule has 1 fully saturated rings. The molecule has 2 atom stereocenters. The summed E-state index contributed by atoms with van der Waals surface area (Å²) in [5, 5.41) is 24.4. The van der Waals surface area contributed by atoms with Crippen LogP contribution in [0.1, 0.15) is 30.3 Å². The van der Waals surface area contributed by atoms with Crippen LogP contribution in [0.4, 0.5) is 5.69 Å². The van der Waals surface area contributed by atoms with Gasteiger partial charge < -0.3 is 10.6 Å². The number of hydrogen-bond donors (Lipinski definition) is 3. The quantitative estimate of drug-likeness (QED) is 0.582. The summed E-state index contributed by atoms with van der Waals surface area (Å²) in [6.07, 6.45) is 1.72. The first-order valence-electron chi connectivity index (χ1n) is 7.21. The molecular formula is C14H18ClN5O3. The third-order valence-corrected chi connectivity index (χ3v) is 3.93. The minimum Gasteiger partial charge on any atom is -0.348 e. The number of carbonyl (C=O) groups excluding carboxylic acids is 1. The van der Waals surface area contributed by atoms with E-state index in [9.17, 15) is 14.9 Å². The number of aromatic amines is 1. The molecule has 1 saturated heterocycles. The number of fused-ring (bicyclic) bond motifs is 1. The first-order valence-corrected chi connectivity index (χ1v) is 7.21. The Balaban J connectivity index is 0.00000192. The number of piperidine rings is 1. The average molecular weight is 340 g/mol. The van der Waals surface area contributed by atoms with Crippen LogP contribution < -0.4 is 10.6 Å². The van der Waals surface area contributed by atoms with E-state index in [1.165, 1.54) is 12.1 Å². The highest BCUT2D eigenvalue weighted by molar-refractivity contribution is 6.05. The predicted molar refractivity (Wildman–Crippen MR) is 87.9 cm³/mol. The average Bonchev–Trinajstić information content (AvgIpc) is 2.90. The molecule has 8 nitrogen and oxygen atoms in total. The van der Waals surface area contributed by atoms with Crippen LogP contribution in [0.25, 0.3) is 10.9 Å². The summed E-state index contributed by atoms with van der Waals surface area (Å²) in [7, 11) is 0. The molecule has 1 amide bonds. The number of carbonyl (C=O) groups is 1. The summed E-state index contributed by atoms with van der Waals surface area (Å²) < 4.78 is 0. The first kappa shape index (κ1) is 17.2. The van der Waals surface area contributed by atoms with Gasteiger partial charge in [0, 0.05) is 29.6 Å². The number of aromatic nitrogens is 2.